The second-order valence-electron chi connectivity index (χ2n) is 7.73. The summed E-state index contributed by atoms with van der Waals surface area (Å²) in [6.45, 7) is 4.38. The molecule has 0 unspecified atom stereocenters. The normalized spacial score (nSPS) is 13.7. The largest absolute Gasteiger partial charge is 0.368 e. The lowest BCUT2D eigenvalue weighted by Crippen LogP contribution is -2.46. The Hall–Kier alpha value is -3.94. The molecule has 0 saturated carbocycles. The van der Waals surface area contributed by atoms with Crippen molar-refractivity contribution in [3.05, 3.63) is 93.8 Å². The molecule has 3 aromatic rings. The Bertz CT molecular complexity index is 1140. The SMILES string of the molecule is Cc1cccc(NC(=O)c2ccc(N3CCN(c4ccc(F)cc4)CC3)c([N+](=O)[O-])c2)c1. The van der Waals surface area contributed by atoms with Crippen LogP contribution in [-0.2, 0) is 0 Å². The van der Waals surface area contributed by atoms with Gasteiger partial charge in [0.2, 0.25) is 0 Å². The Labute approximate surface area is 185 Å². The Morgan fingerprint density at radius 1 is 0.969 bits per heavy atom. The molecule has 32 heavy (non-hydrogen) atoms. The Morgan fingerprint density at radius 3 is 2.31 bits per heavy atom. The zero-order chi connectivity index (χ0) is 22.7. The number of carbonyl (C=O) groups is 1. The molecule has 1 fully saturated rings. The number of rotatable bonds is 5. The van der Waals surface area contributed by atoms with Crippen LogP contribution in [0.4, 0.5) is 27.1 Å². The molecule has 7 nitrogen and oxygen atoms in total. The van der Waals surface area contributed by atoms with Crippen molar-refractivity contribution in [1.29, 1.82) is 0 Å². The lowest BCUT2D eigenvalue weighted by molar-refractivity contribution is -0.384. The third-order valence-electron chi connectivity index (χ3n) is 5.52. The first kappa shape index (κ1) is 21.3. The number of aryl methyl sites for hydroxylation is 1. The van der Waals surface area contributed by atoms with E-state index in [0.717, 1.165) is 11.3 Å². The lowest BCUT2D eigenvalue weighted by atomic mass is 10.1. The van der Waals surface area contributed by atoms with E-state index >= 15 is 0 Å². The molecule has 1 amide bonds. The van der Waals surface area contributed by atoms with Gasteiger partial charge in [0.15, 0.2) is 0 Å². The second kappa shape index (κ2) is 9.05. The van der Waals surface area contributed by atoms with Gasteiger partial charge in [-0.2, -0.15) is 0 Å². The molecular formula is C24H23FN4O3. The van der Waals surface area contributed by atoms with Gasteiger partial charge < -0.3 is 15.1 Å². The quantitative estimate of drug-likeness (QED) is 0.468. The minimum Gasteiger partial charge on any atom is -0.368 e. The molecule has 164 valence electrons. The first-order chi connectivity index (χ1) is 15.4. The van der Waals surface area contributed by atoms with Crippen LogP contribution in [0.15, 0.2) is 66.7 Å². The smallest absolute Gasteiger partial charge is 0.293 e. The van der Waals surface area contributed by atoms with Gasteiger partial charge in [0.25, 0.3) is 11.6 Å². The average Bonchev–Trinajstić information content (AvgIpc) is 2.79. The summed E-state index contributed by atoms with van der Waals surface area (Å²) in [7, 11) is 0. The van der Waals surface area contributed by atoms with E-state index in [0.29, 0.717) is 37.6 Å². The van der Waals surface area contributed by atoms with E-state index in [1.807, 2.05) is 30.0 Å². The monoisotopic (exact) mass is 434 g/mol. The minimum absolute atomic E-state index is 0.0999. The van der Waals surface area contributed by atoms with E-state index in [-0.39, 0.29) is 17.1 Å². The molecule has 0 radical (unpaired) electrons. The van der Waals surface area contributed by atoms with E-state index in [9.17, 15) is 19.3 Å². The van der Waals surface area contributed by atoms with Crippen LogP contribution in [0.25, 0.3) is 0 Å². The molecule has 0 aromatic heterocycles. The molecule has 0 atom stereocenters. The van der Waals surface area contributed by atoms with Crippen LogP contribution in [0.2, 0.25) is 0 Å². The molecule has 1 aliphatic heterocycles. The summed E-state index contributed by atoms with van der Waals surface area (Å²) in [5.74, 6) is -0.680. The number of nitro groups is 1. The van der Waals surface area contributed by atoms with Gasteiger partial charge in [0, 0.05) is 49.2 Å². The fraction of sp³-hybridized carbons (Fsp3) is 0.208. The highest BCUT2D eigenvalue weighted by molar-refractivity contribution is 6.05. The van der Waals surface area contributed by atoms with Crippen LogP contribution in [0.5, 0.6) is 0 Å². The third kappa shape index (κ3) is 4.69. The summed E-state index contributed by atoms with van der Waals surface area (Å²) >= 11 is 0. The summed E-state index contributed by atoms with van der Waals surface area (Å²) in [5, 5.41) is 14.5. The van der Waals surface area contributed by atoms with Gasteiger partial charge in [-0.1, -0.05) is 12.1 Å². The Balaban J connectivity index is 1.49. The number of hydrogen-bond donors (Lipinski definition) is 1. The molecule has 1 saturated heterocycles. The third-order valence-corrected chi connectivity index (χ3v) is 5.52. The van der Waals surface area contributed by atoms with Gasteiger partial charge in [0.05, 0.1) is 4.92 Å². The Kier molecular flexibility index (Phi) is 6.02. The second-order valence-corrected chi connectivity index (χ2v) is 7.73. The number of benzene rings is 3. The average molecular weight is 434 g/mol. The summed E-state index contributed by atoms with van der Waals surface area (Å²) in [6, 6.07) is 18.2. The van der Waals surface area contributed by atoms with Gasteiger partial charge in [-0.25, -0.2) is 4.39 Å². The van der Waals surface area contributed by atoms with E-state index in [1.54, 1.807) is 30.3 Å². The van der Waals surface area contributed by atoms with Crippen molar-refractivity contribution in [3.63, 3.8) is 0 Å². The van der Waals surface area contributed by atoms with E-state index in [2.05, 4.69) is 10.2 Å². The predicted molar refractivity (Wildman–Crippen MR) is 123 cm³/mol. The van der Waals surface area contributed by atoms with Crippen LogP contribution in [0.1, 0.15) is 15.9 Å². The van der Waals surface area contributed by atoms with Gasteiger partial charge in [0.1, 0.15) is 11.5 Å². The number of nitrogens with one attached hydrogen (secondary N) is 1. The van der Waals surface area contributed by atoms with E-state index in [4.69, 9.17) is 0 Å². The standard InChI is InChI=1S/C24H23FN4O3/c1-17-3-2-4-20(15-17)26-24(30)18-5-10-22(23(16-18)29(31)32)28-13-11-27(12-14-28)21-8-6-19(25)7-9-21/h2-10,15-16H,11-14H2,1H3,(H,26,30). The van der Waals surface area contributed by atoms with Crippen LogP contribution in [0.3, 0.4) is 0 Å². The Morgan fingerprint density at radius 2 is 1.66 bits per heavy atom. The van der Waals surface area contributed by atoms with E-state index in [1.165, 1.54) is 18.2 Å². The molecule has 0 bridgehead atoms. The first-order valence-corrected chi connectivity index (χ1v) is 10.3. The maximum absolute atomic E-state index is 13.2. The van der Waals surface area contributed by atoms with Crippen molar-refractivity contribution in [2.45, 2.75) is 6.92 Å². The molecule has 4 rings (SSSR count). The number of piperazine rings is 1. The number of halogens is 1. The van der Waals surface area contributed by atoms with Gasteiger partial charge in [-0.3, -0.25) is 14.9 Å². The number of amides is 1. The van der Waals surface area contributed by atoms with Crippen LogP contribution < -0.4 is 15.1 Å². The summed E-state index contributed by atoms with van der Waals surface area (Å²) in [6.07, 6.45) is 0. The highest BCUT2D eigenvalue weighted by Crippen LogP contribution is 2.31. The van der Waals surface area contributed by atoms with Crippen LogP contribution >= 0.6 is 0 Å². The van der Waals surface area contributed by atoms with Crippen molar-refractivity contribution < 1.29 is 14.1 Å². The number of carbonyl (C=O) groups excluding carboxylic acids is 1. The zero-order valence-electron chi connectivity index (χ0n) is 17.6. The maximum Gasteiger partial charge on any atom is 0.293 e. The molecule has 0 spiro atoms. The summed E-state index contributed by atoms with van der Waals surface area (Å²) < 4.78 is 13.2. The zero-order valence-corrected chi connectivity index (χ0v) is 17.6. The maximum atomic E-state index is 13.2. The first-order valence-electron chi connectivity index (χ1n) is 10.3. The molecular weight excluding hydrogens is 411 g/mol. The molecule has 1 heterocycles. The summed E-state index contributed by atoms with van der Waals surface area (Å²) in [4.78, 5) is 28.0. The highest BCUT2D eigenvalue weighted by Gasteiger charge is 2.25. The highest BCUT2D eigenvalue weighted by atomic mass is 19.1. The van der Waals surface area contributed by atoms with E-state index < -0.39 is 10.8 Å². The van der Waals surface area contributed by atoms with Crippen molar-refractivity contribution in [1.82, 2.24) is 0 Å². The number of nitrogens with zero attached hydrogens (tertiary/aromatic N) is 3. The van der Waals surface area contributed by atoms with Crippen LogP contribution in [-0.4, -0.2) is 37.0 Å². The lowest BCUT2D eigenvalue weighted by Gasteiger charge is -2.37. The van der Waals surface area contributed by atoms with Crippen molar-refractivity contribution >= 4 is 28.7 Å². The predicted octanol–water partition coefficient (Wildman–Crippen LogP) is 4.62. The van der Waals surface area contributed by atoms with Crippen molar-refractivity contribution in [3.8, 4) is 0 Å². The van der Waals surface area contributed by atoms with Gasteiger partial charge >= 0.3 is 0 Å². The molecule has 1 N–H and O–H groups in total. The molecule has 0 aliphatic carbocycles. The molecule has 3 aromatic carbocycles. The van der Waals surface area contributed by atoms with Gasteiger partial charge in [-0.05, 0) is 61.0 Å². The molecule has 8 heteroatoms. The minimum atomic E-state index is -0.453. The number of anilines is 3. The van der Waals surface area contributed by atoms with Gasteiger partial charge in [-0.15, -0.1) is 0 Å². The van der Waals surface area contributed by atoms with Crippen LogP contribution in [0, 0.1) is 22.9 Å². The van der Waals surface area contributed by atoms with Crippen molar-refractivity contribution in [2.75, 3.05) is 41.3 Å². The molecule has 1 aliphatic rings. The number of hydrogen-bond acceptors (Lipinski definition) is 5. The number of nitro benzene ring substituents is 1. The van der Waals surface area contributed by atoms with Crippen molar-refractivity contribution in [2.24, 2.45) is 0 Å². The summed E-state index contributed by atoms with van der Waals surface area (Å²) in [5.41, 5.74) is 3.18. The fourth-order valence-electron chi connectivity index (χ4n) is 3.86. The fourth-order valence-corrected chi connectivity index (χ4v) is 3.86. The topological polar surface area (TPSA) is 78.7 Å².